The Morgan fingerprint density at radius 1 is 1.17 bits per heavy atom. The molecule has 2 aromatic rings. The summed E-state index contributed by atoms with van der Waals surface area (Å²) in [6.07, 6.45) is 0.978. The smallest absolute Gasteiger partial charge is 0.280 e. The van der Waals surface area contributed by atoms with Crippen molar-refractivity contribution >= 4 is 33.3 Å². The summed E-state index contributed by atoms with van der Waals surface area (Å²) < 4.78 is 29.7. The summed E-state index contributed by atoms with van der Waals surface area (Å²) in [5.74, 6) is -0.936. The first-order valence-corrected chi connectivity index (χ1v) is 8.86. The van der Waals surface area contributed by atoms with Gasteiger partial charge in [0.2, 0.25) is 0 Å². The van der Waals surface area contributed by atoms with Gasteiger partial charge in [-0.25, -0.2) is 8.42 Å². The highest BCUT2D eigenvalue weighted by Gasteiger charge is 2.22. The van der Waals surface area contributed by atoms with Crippen LogP contribution in [0.15, 0.2) is 52.4 Å². The van der Waals surface area contributed by atoms with E-state index in [0.29, 0.717) is 5.75 Å². The summed E-state index contributed by atoms with van der Waals surface area (Å²) in [6, 6.07) is 10.9. The van der Waals surface area contributed by atoms with Gasteiger partial charge >= 0.3 is 0 Å². The van der Waals surface area contributed by atoms with Crippen LogP contribution in [0.1, 0.15) is 10.4 Å². The summed E-state index contributed by atoms with van der Waals surface area (Å²) in [6.45, 7) is 0. The highest BCUT2D eigenvalue weighted by Crippen LogP contribution is 2.37. The molecule has 2 aromatic carbocycles. The maximum absolute atomic E-state index is 12.1. The van der Waals surface area contributed by atoms with Gasteiger partial charge in [-0.3, -0.25) is 4.79 Å². The van der Waals surface area contributed by atoms with E-state index in [1.54, 1.807) is 30.3 Å². The van der Waals surface area contributed by atoms with Crippen molar-refractivity contribution < 1.29 is 17.9 Å². The number of benzene rings is 2. The molecule has 7 nitrogen and oxygen atoms in total. The first-order valence-electron chi connectivity index (χ1n) is 6.59. The number of hydrogen-bond acceptors (Lipinski definition) is 4. The van der Waals surface area contributed by atoms with Gasteiger partial charge in [-0.05, 0) is 24.3 Å². The number of rotatable bonds is 4. The van der Waals surface area contributed by atoms with Crippen LogP contribution in [-0.2, 0) is 9.84 Å². The highest BCUT2D eigenvalue weighted by atomic mass is 35.5. The molecule has 0 aromatic heterocycles. The molecule has 0 aliphatic carbocycles. The molecule has 1 amide bonds. The molecule has 24 heavy (non-hydrogen) atoms. The quantitative estimate of drug-likeness (QED) is 0.628. The lowest BCUT2D eigenvalue weighted by molar-refractivity contribution is 0.100. The molecule has 0 saturated carbocycles. The van der Waals surface area contributed by atoms with E-state index in [1.807, 2.05) is 0 Å². The van der Waals surface area contributed by atoms with Crippen molar-refractivity contribution in [2.24, 2.45) is 16.5 Å². The maximum Gasteiger partial charge on any atom is 0.280 e. The molecule has 0 spiro atoms. The molecule has 9 heteroatoms. The number of nitrogens with zero attached hydrogens (tertiary/aromatic N) is 1. The topological polar surface area (TPSA) is 125 Å². The number of aliphatic imine (C=N–C) groups is 1. The number of amides is 1. The van der Waals surface area contributed by atoms with E-state index in [-0.39, 0.29) is 21.2 Å². The average Bonchev–Trinajstić information content (AvgIpc) is 2.48. The van der Waals surface area contributed by atoms with E-state index in [0.717, 1.165) is 12.3 Å². The van der Waals surface area contributed by atoms with Gasteiger partial charge in [-0.15, -0.1) is 0 Å². The Balaban J connectivity index is 2.59. The third-order valence-electron chi connectivity index (χ3n) is 2.85. The third kappa shape index (κ3) is 4.24. The van der Waals surface area contributed by atoms with E-state index in [9.17, 15) is 13.2 Å². The highest BCUT2D eigenvalue weighted by molar-refractivity contribution is 7.90. The third-order valence-corrected chi connectivity index (χ3v) is 4.23. The predicted molar refractivity (Wildman–Crippen MR) is 91.2 cm³/mol. The minimum absolute atomic E-state index is 0.0593. The molecule has 0 saturated heterocycles. The van der Waals surface area contributed by atoms with Crippen molar-refractivity contribution in [3.8, 4) is 11.5 Å². The Kier molecular flexibility index (Phi) is 5.10. The first-order chi connectivity index (χ1) is 11.2. The Morgan fingerprint density at radius 2 is 1.79 bits per heavy atom. The van der Waals surface area contributed by atoms with Gasteiger partial charge in [0.05, 0.1) is 5.02 Å². The van der Waals surface area contributed by atoms with Crippen molar-refractivity contribution in [2.75, 3.05) is 6.26 Å². The van der Waals surface area contributed by atoms with Gasteiger partial charge in [0.25, 0.3) is 5.91 Å². The zero-order valence-corrected chi connectivity index (χ0v) is 14.1. The van der Waals surface area contributed by atoms with Gasteiger partial charge in [0, 0.05) is 11.8 Å². The molecule has 0 bridgehead atoms. The summed E-state index contributed by atoms with van der Waals surface area (Å²) in [5.41, 5.74) is 10.2. The van der Waals surface area contributed by atoms with E-state index in [1.165, 1.54) is 6.07 Å². The predicted octanol–water partition coefficient (Wildman–Crippen LogP) is 1.95. The normalized spacial score (nSPS) is 10.9. The number of nitrogens with two attached hydrogens (primary N) is 2. The summed E-state index contributed by atoms with van der Waals surface area (Å²) >= 11 is 6.12. The van der Waals surface area contributed by atoms with Crippen LogP contribution in [0.3, 0.4) is 0 Å². The number of ether oxygens (including phenoxy) is 1. The number of hydrogen-bond donors (Lipinski definition) is 2. The van der Waals surface area contributed by atoms with Crippen molar-refractivity contribution in [3.63, 3.8) is 0 Å². The minimum atomic E-state index is -3.73. The summed E-state index contributed by atoms with van der Waals surface area (Å²) in [4.78, 5) is 15.0. The molecule has 126 valence electrons. The van der Waals surface area contributed by atoms with Crippen LogP contribution in [0.4, 0.5) is 0 Å². The average molecular weight is 368 g/mol. The Labute approximate surface area is 143 Å². The lowest BCUT2D eigenvalue weighted by atomic mass is 10.2. The molecule has 0 aliphatic rings. The molecule has 0 atom stereocenters. The molecule has 4 N–H and O–H groups in total. The molecule has 0 heterocycles. The van der Waals surface area contributed by atoms with Gasteiger partial charge in [-0.2, -0.15) is 4.99 Å². The van der Waals surface area contributed by atoms with Crippen molar-refractivity contribution in [3.05, 3.63) is 53.1 Å². The second kappa shape index (κ2) is 6.90. The summed E-state index contributed by atoms with van der Waals surface area (Å²) in [7, 11) is -3.73. The zero-order valence-electron chi connectivity index (χ0n) is 12.6. The van der Waals surface area contributed by atoms with E-state index in [4.69, 9.17) is 27.8 Å². The minimum Gasteiger partial charge on any atom is -0.454 e. The lowest BCUT2D eigenvalue weighted by Crippen LogP contribution is -2.24. The van der Waals surface area contributed by atoms with Crippen molar-refractivity contribution in [2.45, 2.75) is 4.90 Å². The number of carbonyl (C=O) groups excluding carboxylic acids is 1. The Morgan fingerprint density at radius 3 is 2.33 bits per heavy atom. The second-order valence-electron chi connectivity index (χ2n) is 4.81. The van der Waals surface area contributed by atoms with E-state index < -0.39 is 21.7 Å². The number of carbonyl (C=O) groups is 1. The lowest BCUT2D eigenvalue weighted by Gasteiger charge is -2.13. The number of sulfone groups is 1. The van der Waals surface area contributed by atoms with E-state index in [2.05, 4.69) is 4.99 Å². The Bertz CT molecular complexity index is 908. The van der Waals surface area contributed by atoms with E-state index >= 15 is 0 Å². The molecule has 0 radical (unpaired) electrons. The fourth-order valence-corrected chi connectivity index (χ4v) is 3.00. The van der Waals surface area contributed by atoms with Crippen molar-refractivity contribution in [1.29, 1.82) is 0 Å². The van der Waals surface area contributed by atoms with Crippen LogP contribution < -0.4 is 16.2 Å². The molecular weight excluding hydrogens is 354 g/mol. The fourth-order valence-electron chi connectivity index (χ4n) is 1.85. The van der Waals surface area contributed by atoms with Crippen LogP contribution in [0.2, 0.25) is 5.02 Å². The largest absolute Gasteiger partial charge is 0.454 e. The molecule has 0 aliphatic heterocycles. The molecule has 2 rings (SSSR count). The first kappa shape index (κ1) is 17.8. The number of guanidine groups is 1. The van der Waals surface area contributed by atoms with Gasteiger partial charge in [0.1, 0.15) is 10.6 Å². The van der Waals surface area contributed by atoms with Crippen LogP contribution in [-0.4, -0.2) is 26.5 Å². The van der Waals surface area contributed by atoms with Crippen LogP contribution in [0.25, 0.3) is 0 Å². The monoisotopic (exact) mass is 367 g/mol. The number of halogens is 1. The van der Waals surface area contributed by atoms with Crippen LogP contribution >= 0.6 is 11.6 Å². The molecule has 0 unspecified atom stereocenters. The summed E-state index contributed by atoms with van der Waals surface area (Å²) in [5, 5.41) is -0.0593. The molecule has 0 fully saturated rings. The van der Waals surface area contributed by atoms with Gasteiger partial charge in [0.15, 0.2) is 21.5 Å². The van der Waals surface area contributed by atoms with Crippen LogP contribution in [0.5, 0.6) is 11.5 Å². The standard InChI is InChI=1S/C15H14ClN3O4S/c1-24(21,22)12-8-9(14(20)19-15(17)18)7-11(16)13(12)23-10-5-3-2-4-6-10/h2-8H,1H3,(H4,17,18,19,20). The number of para-hydroxylation sites is 1. The SMILES string of the molecule is CS(=O)(=O)c1cc(C(=O)N=C(N)N)cc(Cl)c1Oc1ccccc1. The second-order valence-corrected chi connectivity index (χ2v) is 7.21. The fraction of sp³-hybridized carbons (Fsp3) is 0.0667. The van der Waals surface area contributed by atoms with Gasteiger partial charge in [-0.1, -0.05) is 29.8 Å². The van der Waals surface area contributed by atoms with Crippen LogP contribution in [0, 0.1) is 0 Å². The zero-order chi connectivity index (χ0) is 17.9. The molecular formula is C15H14ClN3O4S. The Hall–Kier alpha value is -2.58. The maximum atomic E-state index is 12.1. The van der Waals surface area contributed by atoms with Gasteiger partial charge < -0.3 is 16.2 Å². The van der Waals surface area contributed by atoms with Crippen molar-refractivity contribution in [1.82, 2.24) is 0 Å².